The Morgan fingerprint density at radius 1 is 1.04 bits per heavy atom. The lowest BCUT2D eigenvalue weighted by atomic mass is 10.1. The first kappa shape index (κ1) is 21.5. The Morgan fingerprint density at radius 3 is 2.33 bits per heavy atom. The van der Waals surface area contributed by atoms with Gasteiger partial charge in [-0.15, -0.1) is 0 Å². The highest BCUT2D eigenvalue weighted by Crippen LogP contribution is 2.25. The fourth-order valence-electron chi connectivity index (χ4n) is 2.83. The van der Waals surface area contributed by atoms with E-state index in [2.05, 4.69) is 5.32 Å². The van der Waals surface area contributed by atoms with Crippen molar-refractivity contribution in [3.63, 3.8) is 0 Å². The molecule has 0 bridgehead atoms. The summed E-state index contributed by atoms with van der Waals surface area (Å²) in [5.41, 5.74) is 1.43. The Kier molecular flexibility index (Phi) is 7.96. The van der Waals surface area contributed by atoms with Crippen molar-refractivity contribution in [3.05, 3.63) is 68.7 Å². The summed E-state index contributed by atoms with van der Waals surface area (Å²) in [7, 11) is 1.55. The fourth-order valence-corrected chi connectivity index (χ4v) is 3.50. The van der Waals surface area contributed by atoms with Crippen LogP contribution in [0.3, 0.4) is 0 Å². The third-order valence-electron chi connectivity index (χ3n) is 4.29. The molecule has 0 heterocycles. The number of halogens is 3. The van der Waals surface area contributed by atoms with Crippen LogP contribution in [0.4, 0.5) is 0 Å². The first-order valence-corrected chi connectivity index (χ1v) is 9.69. The van der Waals surface area contributed by atoms with E-state index in [-0.39, 0.29) is 24.8 Å². The van der Waals surface area contributed by atoms with Gasteiger partial charge in [-0.2, -0.15) is 0 Å². The maximum atomic E-state index is 13.1. The molecule has 0 fully saturated rings. The Hall–Kier alpha value is -1.75. The molecule has 0 radical (unpaired) electrons. The second-order valence-corrected chi connectivity index (χ2v) is 7.31. The molecule has 27 heavy (non-hydrogen) atoms. The molecule has 2 rings (SSSR count). The summed E-state index contributed by atoms with van der Waals surface area (Å²) in [6, 6.07) is 11.6. The van der Waals surface area contributed by atoms with Gasteiger partial charge in [-0.05, 0) is 35.7 Å². The van der Waals surface area contributed by atoms with Gasteiger partial charge < -0.3 is 10.2 Å². The summed E-state index contributed by atoms with van der Waals surface area (Å²) in [4.78, 5) is 27.0. The van der Waals surface area contributed by atoms with Crippen molar-refractivity contribution >= 4 is 46.6 Å². The van der Waals surface area contributed by atoms with Gasteiger partial charge in [-0.1, -0.05) is 66.0 Å². The molecule has 4 nitrogen and oxygen atoms in total. The number of hydrogen-bond acceptors (Lipinski definition) is 2. The van der Waals surface area contributed by atoms with Crippen LogP contribution in [0.25, 0.3) is 0 Å². The second kappa shape index (κ2) is 9.98. The molecular weight excluding hydrogens is 407 g/mol. The van der Waals surface area contributed by atoms with Crippen LogP contribution in [0.2, 0.25) is 15.1 Å². The predicted molar refractivity (Wildman–Crippen MR) is 110 cm³/mol. The standard InChI is InChI=1S/C20H21Cl3N2O2/c1-3-18(20(27)24-2)25(12-14-8-9-15(21)11-17(14)23)19(26)10-13-6-4-5-7-16(13)22/h4-9,11,18H,3,10,12H2,1-2H3,(H,24,27)/t18-/m1/s1. The van der Waals surface area contributed by atoms with E-state index in [1.807, 2.05) is 13.0 Å². The number of hydrogen-bond donors (Lipinski definition) is 1. The number of rotatable bonds is 7. The average molecular weight is 428 g/mol. The van der Waals surface area contributed by atoms with Crippen molar-refractivity contribution < 1.29 is 9.59 Å². The Morgan fingerprint density at radius 2 is 1.74 bits per heavy atom. The van der Waals surface area contributed by atoms with E-state index in [1.54, 1.807) is 43.4 Å². The maximum absolute atomic E-state index is 13.1. The van der Waals surface area contributed by atoms with Crippen LogP contribution in [0.5, 0.6) is 0 Å². The Bertz CT molecular complexity index is 827. The normalized spacial score (nSPS) is 11.7. The molecule has 2 aromatic carbocycles. The highest BCUT2D eigenvalue weighted by Gasteiger charge is 2.28. The molecule has 0 saturated heterocycles. The largest absolute Gasteiger partial charge is 0.357 e. The number of carbonyl (C=O) groups excluding carboxylic acids is 2. The third-order valence-corrected chi connectivity index (χ3v) is 5.24. The van der Waals surface area contributed by atoms with Gasteiger partial charge in [-0.3, -0.25) is 9.59 Å². The van der Waals surface area contributed by atoms with E-state index in [1.165, 1.54) is 4.90 Å². The number of nitrogens with one attached hydrogen (secondary N) is 1. The maximum Gasteiger partial charge on any atom is 0.242 e. The van der Waals surface area contributed by atoms with Crippen molar-refractivity contribution in [2.75, 3.05) is 7.05 Å². The van der Waals surface area contributed by atoms with Crippen LogP contribution in [-0.4, -0.2) is 29.8 Å². The molecule has 0 aromatic heterocycles. The molecule has 1 atom stereocenters. The Labute approximate surface area is 174 Å². The number of benzene rings is 2. The molecule has 0 unspecified atom stereocenters. The average Bonchev–Trinajstić information content (AvgIpc) is 2.64. The number of carbonyl (C=O) groups is 2. The molecule has 144 valence electrons. The Balaban J connectivity index is 2.34. The second-order valence-electron chi connectivity index (χ2n) is 6.06. The lowest BCUT2D eigenvalue weighted by Gasteiger charge is -2.30. The quantitative estimate of drug-likeness (QED) is 0.693. The minimum atomic E-state index is -0.614. The molecule has 0 spiro atoms. The SMILES string of the molecule is CC[C@H](C(=O)NC)N(Cc1ccc(Cl)cc1Cl)C(=O)Cc1ccccc1Cl. The molecule has 0 aliphatic heterocycles. The first-order valence-electron chi connectivity index (χ1n) is 8.55. The topological polar surface area (TPSA) is 49.4 Å². The fraction of sp³-hybridized carbons (Fsp3) is 0.300. The highest BCUT2D eigenvalue weighted by molar-refractivity contribution is 6.35. The van der Waals surface area contributed by atoms with E-state index in [4.69, 9.17) is 34.8 Å². The van der Waals surface area contributed by atoms with E-state index in [0.29, 0.717) is 27.1 Å². The summed E-state index contributed by atoms with van der Waals surface area (Å²) in [5.74, 6) is -0.431. The minimum Gasteiger partial charge on any atom is -0.357 e. The van der Waals surface area contributed by atoms with Gasteiger partial charge in [0, 0.05) is 28.7 Å². The zero-order valence-electron chi connectivity index (χ0n) is 15.1. The zero-order valence-corrected chi connectivity index (χ0v) is 17.4. The molecule has 2 amide bonds. The van der Waals surface area contributed by atoms with Crippen LogP contribution >= 0.6 is 34.8 Å². The molecule has 7 heteroatoms. The lowest BCUT2D eigenvalue weighted by molar-refractivity contribution is -0.140. The van der Waals surface area contributed by atoms with Gasteiger partial charge in [0.1, 0.15) is 6.04 Å². The number of likely N-dealkylation sites (N-methyl/N-ethyl adjacent to an activating group) is 1. The van der Waals surface area contributed by atoms with Gasteiger partial charge >= 0.3 is 0 Å². The molecular formula is C20H21Cl3N2O2. The monoisotopic (exact) mass is 426 g/mol. The summed E-state index contributed by atoms with van der Waals surface area (Å²) < 4.78 is 0. The van der Waals surface area contributed by atoms with Gasteiger partial charge in [0.2, 0.25) is 11.8 Å². The van der Waals surface area contributed by atoms with E-state index < -0.39 is 6.04 Å². The molecule has 1 N–H and O–H groups in total. The van der Waals surface area contributed by atoms with Gasteiger partial charge in [0.25, 0.3) is 0 Å². The highest BCUT2D eigenvalue weighted by atomic mass is 35.5. The summed E-state index contributed by atoms with van der Waals surface area (Å²) >= 11 is 18.4. The van der Waals surface area contributed by atoms with Crippen LogP contribution in [0.1, 0.15) is 24.5 Å². The molecule has 0 aliphatic rings. The zero-order chi connectivity index (χ0) is 20.0. The van der Waals surface area contributed by atoms with Crippen molar-refractivity contribution in [2.45, 2.75) is 32.4 Å². The summed E-state index contributed by atoms with van der Waals surface area (Å²) in [6.07, 6.45) is 0.567. The third kappa shape index (κ3) is 5.61. The molecule has 2 aromatic rings. The number of nitrogens with zero attached hydrogens (tertiary/aromatic N) is 1. The van der Waals surface area contributed by atoms with Crippen LogP contribution in [0, 0.1) is 0 Å². The van der Waals surface area contributed by atoms with Gasteiger partial charge in [0.05, 0.1) is 6.42 Å². The van der Waals surface area contributed by atoms with Gasteiger partial charge in [-0.25, -0.2) is 0 Å². The van der Waals surface area contributed by atoms with Crippen LogP contribution in [0.15, 0.2) is 42.5 Å². The van der Waals surface area contributed by atoms with E-state index in [9.17, 15) is 9.59 Å². The van der Waals surface area contributed by atoms with Crippen molar-refractivity contribution in [1.82, 2.24) is 10.2 Å². The van der Waals surface area contributed by atoms with Gasteiger partial charge in [0.15, 0.2) is 0 Å². The molecule has 0 aliphatic carbocycles. The van der Waals surface area contributed by atoms with E-state index in [0.717, 1.165) is 5.56 Å². The molecule has 0 saturated carbocycles. The van der Waals surface area contributed by atoms with Crippen molar-refractivity contribution in [3.8, 4) is 0 Å². The van der Waals surface area contributed by atoms with Crippen LogP contribution in [-0.2, 0) is 22.6 Å². The first-order chi connectivity index (χ1) is 12.9. The lowest BCUT2D eigenvalue weighted by Crippen LogP contribution is -2.48. The minimum absolute atomic E-state index is 0.0956. The number of amides is 2. The summed E-state index contributed by atoms with van der Waals surface area (Å²) in [5, 5.41) is 4.10. The smallest absolute Gasteiger partial charge is 0.242 e. The summed E-state index contributed by atoms with van der Waals surface area (Å²) in [6.45, 7) is 2.06. The predicted octanol–water partition coefficient (Wildman–Crippen LogP) is 4.74. The van der Waals surface area contributed by atoms with E-state index >= 15 is 0 Å². The van der Waals surface area contributed by atoms with Crippen molar-refractivity contribution in [1.29, 1.82) is 0 Å². The van der Waals surface area contributed by atoms with Crippen molar-refractivity contribution in [2.24, 2.45) is 0 Å². The van der Waals surface area contributed by atoms with Crippen LogP contribution < -0.4 is 5.32 Å².